The normalized spacial score (nSPS) is 10.8. The molecule has 0 aliphatic heterocycles. The van der Waals surface area contributed by atoms with Crippen molar-refractivity contribution in [3.63, 3.8) is 0 Å². The Hall–Kier alpha value is -0.830. The summed E-state index contributed by atoms with van der Waals surface area (Å²) in [5, 5.41) is 0.542. The molecule has 0 saturated carbocycles. The lowest BCUT2D eigenvalue weighted by Crippen LogP contribution is -2.27. The number of anilines is 1. The zero-order chi connectivity index (χ0) is 10.9. The van der Waals surface area contributed by atoms with Gasteiger partial charge in [-0.1, -0.05) is 11.6 Å². The van der Waals surface area contributed by atoms with E-state index in [0.29, 0.717) is 17.0 Å². The van der Waals surface area contributed by atoms with Crippen molar-refractivity contribution in [2.45, 2.75) is 33.7 Å². The average molecular weight is 214 g/mol. The summed E-state index contributed by atoms with van der Waals surface area (Å²) in [6.45, 7) is 8.02. The van der Waals surface area contributed by atoms with E-state index in [2.05, 4.69) is 28.7 Å². The summed E-state index contributed by atoms with van der Waals surface area (Å²) in [5.74, 6) is 1.63. The summed E-state index contributed by atoms with van der Waals surface area (Å²) in [5.41, 5.74) is 0.938. The van der Waals surface area contributed by atoms with Gasteiger partial charge in [-0.25, -0.2) is 9.97 Å². The van der Waals surface area contributed by atoms with Crippen molar-refractivity contribution in [3.8, 4) is 0 Å². The molecule has 0 atom stereocenters. The molecule has 3 nitrogen and oxygen atoms in total. The van der Waals surface area contributed by atoms with Gasteiger partial charge in [-0.2, -0.15) is 0 Å². The summed E-state index contributed by atoms with van der Waals surface area (Å²) in [4.78, 5) is 10.6. The predicted octanol–water partition coefficient (Wildman–Crippen LogP) is 2.59. The third kappa shape index (κ3) is 2.15. The van der Waals surface area contributed by atoms with E-state index >= 15 is 0 Å². The van der Waals surface area contributed by atoms with E-state index in [4.69, 9.17) is 11.6 Å². The maximum Gasteiger partial charge on any atom is 0.137 e. The minimum absolute atomic E-state index is 0.402. The molecule has 4 heteroatoms. The molecule has 0 bridgehead atoms. The first-order valence-electron chi connectivity index (χ1n) is 4.67. The molecule has 1 heterocycles. The minimum Gasteiger partial charge on any atom is -0.357 e. The summed E-state index contributed by atoms with van der Waals surface area (Å²) in [6, 6.07) is 0.402. The van der Waals surface area contributed by atoms with E-state index in [1.807, 2.05) is 20.9 Å². The lowest BCUT2D eigenvalue weighted by Gasteiger charge is -2.24. The SMILES string of the molecule is Cc1nc(Cl)c(C)c(N(C)C(C)C)n1. The first kappa shape index (κ1) is 11.2. The molecule has 0 N–H and O–H groups in total. The Morgan fingerprint density at radius 3 is 2.29 bits per heavy atom. The lowest BCUT2D eigenvalue weighted by atomic mass is 10.2. The second kappa shape index (κ2) is 4.13. The highest BCUT2D eigenvalue weighted by Gasteiger charge is 2.13. The standard InChI is InChI=1S/C10H16ClN3/c1-6(2)14(5)10-7(3)9(11)12-8(4)13-10/h6H,1-5H3. The molecule has 0 radical (unpaired) electrons. The van der Waals surface area contributed by atoms with Crippen molar-refractivity contribution in [1.82, 2.24) is 9.97 Å². The number of aryl methyl sites for hydroxylation is 1. The highest BCUT2D eigenvalue weighted by Crippen LogP contribution is 2.23. The van der Waals surface area contributed by atoms with Crippen LogP contribution < -0.4 is 4.90 Å². The van der Waals surface area contributed by atoms with Crippen LogP contribution in [0, 0.1) is 13.8 Å². The van der Waals surface area contributed by atoms with Gasteiger partial charge in [-0.3, -0.25) is 0 Å². The molecule has 0 fully saturated rings. The molecule has 0 aliphatic carbocycles. The van der Waals surface area contributed by atoms with Gasteiger partial charge in [0.05, 0.1) is 0 Å². The Balaban J connectivity index is 3.20. The van der Waals surface area contributed by atoms with Gasteiger partial charge >= 0.3 is 0 Å². The van der Waals surface area contributed by atoms with Crippen molar-refractivity contribution in [2.24, 2.45) is 0 Å². The minimum atomic E-state index is 0.402. The van der Waals surface area contributed by atoms with Crippen molar-refractivity contribution < 1.29 is 0 Å². The topological polar surface area (TPSA) is 29.0 Å². The lowest BCUT2D eigenvalue weighted by molar-refractivity contribution is 0.735. The Morgan fingerprint density at radius 1 is 1.21 bits per heavy atom. The predicted molar refractivity (Wildman–Crippen MR) is 60.1 cm³/mol. The molecule has 0 saturated heterocycles. The van der Waals surface area contributed by atoms with Crippen LogP contribution in [0.1, 0.15) is 25.2 Å². The molecule has 1 aromatic heterocycles. The zero-order valence-corrected chi connectivity index (χ0v) is 10.1. The van der Waals surface area contributed by atoms with Gasteiger partial charge in [0.1, 0.15) is 16.8 Å². The van der Waals surface area contributed by atoms with Crippen LogP contribution in [0.4, 0.5) is 5.82 Å². The summed E-state index contributed by atoms with van der Waals surface area (Å²) in [6.07, 6.45) is 0. The number of hydrogen-bond donors (Lipinski definition) is 0. The Labute approximate surface area is 90.1 Å². The molecule has 0 spiro atoms. The Morgan fingerprint density at radius 2 is 1.79 bits per heavy atom. The quantitative estimate of drug-likeness (QED) is 0.708. The molecular weight excluding hydrogens is 198 g/mol. The highest BCUT2D eigenvalue weighted by atomic mass is 35.5. The average Bonchev–Trinajstić information content (AvgIpc) is 2.09. The second-order valence-electron chi connectivity index (χ2n) is 3.71. The Kier molecular flexibility index (Phi) is 3.32. The van der Waals surface area contributed by atoms with Crippen molar-refractivity contribution in [1.29, 1.82) is 0 Å². The first-order chi connectivity index (χ1) is 6.43. The fourth-order valence-electron chi connectivity index (χ4n) is 1.17. The van der Waals surface area contributed by atoms with E-state index in [-0.39, 0.29) is 0 Å². The van der Waals surface area contributed by atoms with Crippen LogP contribution in [0.3, 0.4) is 0 Å². The van der Waals surface area contributed by atoms with Gasteiger partial charge in [0.15, 0.2) is 0 Å². The van der Waals surface area contributed by atoms with Gasteiger partial charge in [-0.05, 0) is 27.7 Å². The van der Waals surface area contributed by atoms with E-state index in [1.54, 1.807) is 0 Å². The summed E-state index contributed by atoms with van der Waals surface area (Å²) < 4.78 is 0. The summed E-state index contributed by atoms with van der Waals surface area (Å²) in [7, 11) is 2.01. The van der Waals surface area contributed by atoms with E-state index in [9.17, 15) is 0 Å². The third-order valence-corrected chi connectivity index (χ3v) is 2.65. The molecule has 1 aromatic rings. The van der Waals surface area contributed by atoms with Crippen LogP contribution in [-0.2, 0) is 0 Å². The van der Waals surface area contributed by atoms with Crippen molar-refractivity contribution >= 4 is 17.4 Å². The highest BCUT2D eigenvalue weighted by molar-refractivity contribution is 6.30. The van der Waals surface area contributed by atoms with Gasteiger partial charge in [0.2, 0.25) is 0 Å². The smallest absolute Gasteiger partial charge is 0.137 e. The van der Waals surface area contributed by atoms with Gasteiger partial charge in [0.25, 0.3) is 0 Å². The number of rotatable bonds is 2. The first-order valence-corrected chi connectivity index (χ1v) is 5.05. The Bertz CT molecular complexity index is 336. The van der Waals surface area contributed by atoms with Crippen LogP contribution in [0.2, 0.25) is 5.15 Å². The van der Waals surface area contributed by atoms with Gasteiger partial charge in [-0.15, -0.1) is 0 Å². The van der Waals surface area contributed by atoms with Crippen LogP contribution in [0.5, 0.6) is 0 Å². The van der Waals surface area contributed by atoms with Crippen molar-refractivity contribution in [3.05, 3.63) is 16.5 Å². The molecule has 14 heavy (non-hydrogen) atoms. The van der Waals surface area contributed by atoms with E-state index < -0.39 is 0 Å². The summed E-state index contributed by atoms with van der Waals surface area (Å²) >= 11 is 5.99. The maximum absolute atomic E-state index is 5.99. The fraction of sp³-hybridized carbons (Fsp3) is 0.600. The van der Waals surface area contributed by atoms with Gasteiger partial charge < -0.3 is 4.90 Å². The molecule has 78 valence electrons. The molecule has 0 aromatic carbocycles. The fourth-order valence-corrected chi connectivity index (χ4v) is 1.38. The van der Waals surface area contributed by atoms with Gasteiger partial charge in [0, 0.05) is 18.7 Å². The maximum atomic E-state index is 5.99. The van der Waals surface area contributed by atoms with Crippen LogP contribution in [0.25, 0.3) is 0 Å². The molecule has 0 aliphatic rings. The van der Waals surface area contributed by atoms with Crippen LogP contribution in [-0.4, -0.2) is 23.1 Å². The molecule has 0 amide bonds. The zero-order valence-electron chi connectivity index (χ0n) is 9.30. The molecular formula is C10H16ClN3. The van der Waals surface area contributed by atoms with Crippen LogP contribution in [0.15, 0.2) is 0 Å². The number of halogens is 1. The second-order valence-corrected chi connectivity index (χ2v) is 4.07. The monoisotopic (exact) mass is 213 g/mol. The third-order valence-electron chi connectivity index (χ3n) is 2.28. The number of aromatic nitrogens is 2. The molecule has 1 rings (SSSR count). The van der Waals surface area contributed by atoms with Crippen LogP contribution >= 0.6 is 11.6 Å². The number of nitrogens with zero attached hydrogens (tertiary/aromatic N) is 3. The number of hydrogen-bond acceptors (Lipinski definition) is 3. The largest absolute Gasteiger partial charge is 0.357 e. The van der Waals surface area contributed by atoms with Crippen molar-refractivity contribution in [2.75, 3.05) is 11.9 Å². The van der Waals surface area contributed by atoms with E-state index in [1.165, 1.54) is 0 Å². The van der Waals surface area contributed by atoms with E-state index in [0.717, 1.165) is 11.4 Å². The molecule has 0 unspecified atom stereocenters.